The lowest BCUT2D eigenvalue weighted by molar-refractivity contribution is 0.102. The molecule has 1 amide bonds. The molecule has 7 heteroatoms. The first kappa shape index (κ1) is 19.7. The lowest BCUT2D eigenvalue weighted by Gasteiger charge is -2.06. The second-order valence-corrected chi connectivity index (χ2v) is 9.31. The summed E-state index contributed by atoms with van der Waals surface area (Å²) in [6.45, 7) is 5.91. The molecule has 27 heavy (non-hydrogen) atoms. The summed E-state index contributed by atoms with van der Waals surface area (Å²) in [5, 5.41) is 11.3. The van der Waals surface area contributed by atoms with Crippen molar-refractivity contribution >= 4 is 46.5 Å². The molecular weight excluding hydrogens is 394 g/mol. The Kier molecular flexibility index (Phi) is 7.09. The maximum absolute atomic E-state index is 12.3. The van der Waals surface area contributed by atoms with Crippen LogP contribution >= 0.6 is 34.9 Å². The maximum Gasteiger partial charge on any atom is 0.255 e. The van der Waals surface area contributed by atoms with Gasteiger partial charge in [-0.25, -0.2) is 0 Å². The lowest BCUT2D eigenvalue weighted by Crippen LogP contribution is -2.11. The molecular formula is C20H19N3OS3. The highest BCUT2D eigenvalue weighted by Crippen LogP contribution is 2.31. The first-order valence-corrected chi connectivity index (χ1v) is 11.1. The summed E-state index contributed by atoms with van der Waals surface area (Å²) in [7, 11) is 0. The zero-order chi connectivity index (χ0) is 19.1. The van der Waals surface area contributed by atoms with Gasteiger partial charge < -0.3 is 5.32 Å². The van der Waals surface area contributed by atoms with E-state index in [1.807, 2.05) is 61.5 Å². The number of anilines is 1. The van der Waals surface area contributed by atoms with E-state index in [0.29, 0.717) is 5.56 Å². The molecule has 0 spiro atoms. The number of carbonyl (C=O) groups is 1. The number of hydrogen-bond donors (Lipinski definition) is 1. The van der Waals surface area contributed by atoms with Crippen molar-refractivity contribution in [2.24, 2.45) is 0 Å². The molecule has 0 atom stereocenters. The number of aromatic nitrogens is 2. The van der Waals surface area contributed by atoms with E-state index in [4.69, 9.17) is 0 Å². The normalized spacial score (nSPS) is 10.6. The van der Waals surface area contributed by atoms with Crippen LogP contribution in [-0.2, 0) is 5.75 Å². The summed E-state index contributed by atoms with van der Waals surface area (Å²) in [5.41, 5.74) is 3.70. The van der Waals surface area contributed by atoms with Gasteiger partial charge in [0.05, 0.1) is 0 Å². The number of carbonyl (C=O) groups excluding carboxylic acids is 1. The van der Waals surface area contributed by atoms with E-state index in [-0.39, 0.29) is 5.91 Å². The quantitative estimate of drug-likeness (QED) is 0.376. The zero-order valence-corrected chi connectivity index (χ0v) is 17.3. The van der Waals surface area contributed by atoms with Gasteiger partial charge in [-0.2, -0.15) is 0 Å². The van der Waals surface area contributed by atoms with E-state index in [0.717, 1.165) is 37.0 Å². The fraction of sp³-hybridized carbons (Fsp3) is 0.150. The Labute approximate surface area is 171 Å². The first-order valence-electron chi connectivity index (χ1n) is 8.29. The second-order valence-electron chi connectivity index (χ2n) is 5.89. The van der Waals surface area contributed by atoms with Crippen LogP contribution in [0.15, 0.2) is 75.4 Å². The predicted molar refractivity (Wildman–Crippen MR) is 116 cm³/mol. The number of rotatable bonds is 8. The molecule has 3 rings (SSSR count). The molecule has 0 saturated heterocycles. The number of hydrogen-bond acceptors (Lipinski definition) is 6. The molecule has 1 N–H and O–H groups in total. The summed E-state index contributed by atoms with van der Waals surface area (Å²) in [6, 6.07) is 17.1. The molecule has 0 bridgehead atoms. The largest absolute Gasteiger partial charge is 0.322 e. The fourth-order valence-electron chi connectivity index (χ4n) is 2.12. The minimum absolute atomic E-state index is 0.108. The Bertz CT molecular complexity index is 908. The maximum atomic E-state index is 12.3. The molecule has 0 aliphatic rings. The summed E-state index contributed by atoms with van der Waals surface area (Å²) in [4.78, 5) is 12.3. The Morgan fingerprint density at radius 2 is 1.70 bits per heavy atom. The van der Waals surface area contributed by atoms with Gasteiger partial charge in [0.2, 0.25) is 0 Å². The lowest BCUT2D eigenvalue weighted by atomic mass is 10.1. The molecule has 3 aromatic rings. The van der Waals surface area contributed by atoms with E-state index in [9.17, 15) is 4.79 Å². The van der Waals surface area contributed by atoms with Crippen LogP contribution in [0.3, 0.4) is 0 Å². The van der Waals surface area contributed by atoms with E-state index in [1.54, 1.807) is 34.9 Å². The highest BCUT2D eigenvalue weighted by atomic mass is 32.2. The van der Waals surface area contributed by atoms with Gasteiger partial charge in [-0.1, -0.05) is 77.3 Å². The van der Waals surface area contributed by atoms with E-state index in [2.05, 4.69) is 22.1 Å². The van der Waals surface area contributed by atoms with Gasteiger partial charge >= 0.3 is 0 Å². The topological polar surface area (TPSA) is 54.9 Å². The smallest absolute Gasteiger partial charge is 0.255 e. The van der Waals surface area contributed by atoms with Gasteiger partial charge in [-0.15, -0.1) is 10.2 Å². The number of benzene rings is 2. The van der Waals surface area contributed by atoms with Crippen molar-refractivity contribution in [1.29, 1.82) is 0 Å². The first-order chi connectivity index (χ1) is 13.1. The van der Waals surface area contributed by atoms with Crippen molar-refractivity contribution in [3.05, 3.63) is 77.9 Å². The van der Waals surface area contributed by atoms with E-state index < -0.39 is 0 Å². The van der Waals surface area contributed by atoms with Crippen LogP contribution in [0, 0.1) is 0 Å². The molecule has 2 aromatic carbocycles. The average molecular weight is 414 g/mol. The van der Waals surface area contributed by atoms with Gasteiger partial charge in [-0.3, -0.25) is 4.79 Å². The van der Waals surface area contributed by atoms with E-state index >= 15 is 0 Å². The third kappa shape index (κ3) is 6.23. The van der Waals surface area contributed by atoms with Gasteiger partial charge in [0, 0.05) is 22.8 Å². The van der Waals surface area contributed by atoms with Crippen LogP contribution < -0.4 is 5.32 Å². The van der Waals surface area contributed by atoms with Gasteiger partial charge in [0.25, 0.3) is 5.91 Å². The Balaban J connectivity index is 1.52. The molecule has 0 aliphatic carbocycles. The van der Waals surface area contributed by atoms with Crippen LogP contribution in [0.2, 0.25) is 0 Å². The van der Waals surface area contributed by atoms with Gasteiger partial charge in [-0.05, 0) is 36.8 Å². The van der Waals surface area contributed by atoms with Crippen LogP contribution in [0.25, 0.3) is 0 Å². The number of para-hydroxylation sites is 1. The van der Waals surface area contributed by atoms with Crippen molar-refractivity contribution < 1.29 is 4.79 Å². The number of thioether (sulfide) groups is 2. The summed E-state index contributed by atoms with van der Waals surface area (Å²) < 4.78 is 1.92. The number of nitrogens with one attached hydrogen (secondary N) is 1. The highest BCUT2D eigenvalue weighted by Gasteiger charge is 2.08. The summed E-state index contributed by atoms with van der Waals surface area (Å²) in [6.07, 6.45) is 0. The zero-order valence-electron chi connectivity index (χ0n) is 14.8. The summed E-state index contributed by atoms with van der Waals surface area (Å²) in [5.74, 6) is 1.55. The van der Waals surface area contributed by atoms with Gasteiger partial charge in [0.1, 0.15) is 0 Å². The average Bonchev–Trinajstić information content (AvgIpc) is 3.14. The fourth-order valence-corrected chi connectivity index (χ4v) is 4.94. The van der Waals surface area contributed by atoms with Crippen molar-refractivity contribution in [2.75, 3.05) is 11.1 Å². The Morgan fingerprint density at radius 1 is 1.04 bits per heavy atom. The van der Waals surface area contributed by atoms with Crippen molar-refractivity contribution in [2.45, 2.75) is 21.4 Å². The SMILES string of the molecule is C=C(C)CSc1nnc(SCc2ccc(C(=O)Nc3ccccc3)cc2)s1. The molecule has 138 valence electrons. The molecule has 1 aromatic heterocycles. The van der Waals surface area contributed by atoms with Crippen LogP contribution in [0.5, 0.6) is 0 Å². The van der Waals surface area contributed by atoms with Gasteiger partial charge in [0.15, 0.2) is 8.68 Å². The molecule has 4 nitrogen and oxygen atoms in total. The minimum atomic E-state index is -0.108. The predicted octanol–water partition coefficient (Wildman–Crippen LogP) is 5.75. The Morgan fingerprint density at radius 3 is 2.37 bits per heavy atom. The van der Waals surface area contributed by atoms with Crippen molar-refractivity contribution in [1.82, 2.24) is 10.2 Å². The molecule has 1 heterocycles. The van der Waals surface area contributed by atoms with Crippen LogP contribution in [0.1, 0.15) is 22.8 Å². The van der Waals surface area contributed by atoms with Crippen LogP contribution in [0.4, 0.5) is 5.69 Å². The Hall–Kier alpha value is -2.09. The third-order valence-corrected chi connectivity index (χ3v) is 6.93. The van der Waals surface area contributed by atoms with Crippen molar-refractivity contribution in [3.63, 3.8) is 0 Å². The van der Waals surface area contributed by atoms with Crippen LogP contribution in [-0.4, -0.2) is 21.9 Å². The summed E-state index contributed by atoms with van der Waals surface area (Å²) >= 11 is 4.92. The highest BCUT2D eigenvalue weighted by molar-refractivity contribution is 8.03. The minimum Gasteiger partial charge on any atom is -0.322 e. The second kappa shape index (κ2) is 9.73. The molecule has 0 saturated carbocycles. The number of nitrogens with zero attached hydrogens (tertiary/aromatic N) is 2. The molecule has 0 radical (unpaired) electrons. The standard InChI is InChI=1S/C20H19N3OS3/c1-14(2)12-25-19-22-23-20(27-19)26-13-15-8-10-16(11-9-15)18(24)21-17-6-4-3-5-7-17/h3-11H,1,12-13H2,2H3,(H,21,24). The molecule has 0 aliphatic heterocycles. The van der Waals surface area contributed by atoms with Crippen molar-refractivity contribution in [3.8, 4) is 0 Å². The molecule has 0 unspecified atom stereocenters. The third-order valence-electron chi connectivity index (χ3n) is 3.44. The molecule has 0 fully saturated rings. The van der Waals surface area contributed by atoms with E-state index in [1.165, 1.54) is 0 Å². The monoisotopic (exact) mass is 413 g/mol. The number of amides is 1.